The van der Waals surface area contributed by atoms with Gasteiger partial charge in [-0.25, -0.2) is 4.98 Å². The smallest absolute Gasteiger partial charge is 0.304 e. The number of fused-ring (bicyclic) bond motifs is 2. The Morgan fingerprint density at radius 1 is 1.21 bits per heavy atom. The number of aliphatic carboxylic acids is 1. The molecular formula is C26H20ClN3O3. The van der Waals surface area contributed by atoms with Gasteiger partial charge >= 0.3 is 5.97 Å². The average Bonchev–Trinajstić information content (AvgIpc) is 3.42. The number of halogens is 1. The summed E-state index contributed by atoms with van der Waals surface area (Å²) in [6.07, 6.45) is 1.57. The van der Waals surface area contributed by atoms with Crippen LogP contribution in [-0.2, 0) is 11.2 Å². The molecule has 1 aliphatic rings. The fraction of sp³-hybridized carbons (Fsp3) is 0.192. The molecule has 1 heterocycles. The van der Waals surface area contributed by atoms with Gasteiger partial charge < -0.3 is 14.8 Å². The third-order valence-corrected chi connectivity index (χ3v) is 6.44. The highest BCUT2D eigenvalue weighted by Crippen LogP contribution is 2.41. The predicted octanol–water partition coefficient (Wildman–Crippen LogP) is 5.74. The standard InChI is InChI=1S/C26H20ClN3O3/c27-24-16(15-5-2-1-3-6-15)7-4-8-18(24)26-30-22-13-19-17(20(14-28)25(22)33-26)9-10-21(19)29-12-11-23(31)32/h1-8,13,21,29H,9-12H2,(H,31,32)/t21-/m1/s1. The molecule has 0 bridgehead atoms. The van der Waals surface area contributed by atoms with Gasteiger partial charge in [0.05, 0.1) is 17.0 Å². The first-order chi connectivity index (χ1) is 16.1. The molecule has 0 fully saturated rings. The Kier molecular flexibility index (Phi) is 5.59. The molecule has 33 heavy (non-hydrogen) atoms. The maximum Gasteiger partial charge on any atom is 0.304 e. The number of benzene rings is 3. The molecule has 0 amide bonds. The van der Waals surface area contributed by atoms with Crippen LogP contribution in [0.4, 0.5) is 0 Å². The van der Waals surface area contributed by atoms with Crippen molar-refractivity contribution in [1.82, 2.24) is 10.3 Å². The second-order valence-electron chi connectivity index (χ2n) is 8.02. The Bertz CT molecular complexity index is 1410. The number of carboxylic acids is 1. The van der Waals surface area contributed by atoms with Crippen molar-refractivity contribution in [2.45, 2.75) is 25.3 Å². The summed E-state index contributed by atoms with van der Waals surface area (Å²) in [6.45, 7) is 0.366. The quantitative estimate of drug-likeness (QED) is 0.383. The van der Waals surface area contributed by atoms with Gasteiger partial charge in [0.2, 0.25) is 5.89 Å². The number of nitrogens with zero attached hydrogens (tertiary/aromatic N) is 2. The minimum atomic E-state index is -0.843. The molecule has 7 heteroatoms. The summed E-state index contributed by atoms with van der Waals surface area (Å²) >= 11 is 6.76. The van der Waals surface area contributed by atoms with E-state index in [1.54, 1.807) is 0 Å². The van der Waals surface area contributed by atoms with Gasteiger partial charge in [-0.05, 0) is 41.7 Å². The lowest BCUT2D eigenvalue weighted by molar-refractivity contribution is -0.136. The number of nitrogens with one attached hydrogen (secondary N) is 1. The van der Waals surface area contributed by atoms with Crippen LogP contribution in [0.5, 0.6) is 0 Å². The topological polar surface area (TPSA) is 99.2 Å². The second kappa shape index (κ2) is 8.70. The van der Waals surface area contributed by atoms with E-state index < -0.39 is 5.97 Å². The molecule has 0 unspecified atom stereocenters. The average molecular weight is 458 g/mol. The second-order valence-corrected chi connectivity index (χ2v) is 8.40. The highest BCUT2D eigenvalue weighted by molar-refractivity contribution is 6.36. The van der Waals surface area contributed by atoms with Crippen molar-refractivity contribution >= 4 is 28.7 Å². The van der Waals surface area contributed by atoms with E-state index in [1.165, 1.54) is 0 Å². The van der Waals surface area contributed by atoms with Crippen LogP contribution in [0.1, 0.15) is 35.6 Å². The molecule has 0 saturated carbocycles. The normalized spacial score (nSPS) is 14.8. The number of carboxylic acid groups (broad SMARTS) is 1. The zero-order valence-corrected chi connectivity index (χ0v) is 18.4. The number of oxazole rings is 1. The van der Waals surface area contributed by atoms with Crippen LogP contribution in [0, 0.1) is 11.3 Å². The maximum atomic E-state index is 10.9. The van der Waals surface area contributed by atoms with E-state index in [0.717, 1.165) is 35.1 Å². The van der Waals surface area contributed by atoms with Crippen LogP contribution in [-0.4, -0.2) is 22.6 Å². The maximum absolute atomic E-state index is 10.9. The summed E-state index contributed by atoms with van der Waals surface area (Å²) in [5.41, 5.74) is 5.98. The molecule has 1 aromatic heterocycles. The van der Waals surface area contributed by atoms with Crippen molar-refractivity contribution in [2.24, 2.45) is 0 Å². The molecule has 0 saturated heterocycles. The largest absolute Gasteiger partial charge is 0.481 e. The molecular weight excluding hydrogens is 438 g/mol. The fourth-order valence-electron chi connectivity index (χ4n) is 4.49. The van der Waals surface area contributed by atoms with Gasteiger partial charge in [0, 0.05) is 18.2 Å². The molecule has 0 radical (unpaired) electrons. The lowest BCUT2D eigenvalue weighted by atomic mass is 10.0. The predicted molar refractivity (Wildman–Crippen MR) is 126 cm³/mol. The van der Waals surface area contributed by atoms with E-state index in [0.29, 0.717) is 39.7 Å². The minimum absolute atomic E-state index is 0.0130. The van der Waals surface area contributed by atoms with Crippen LogP contribution in [0.15, 0.2) is 59.0 Å². The Morgan fingerprint density at radius 3 is 2.76 bits per heavy atom. The lowest BCUT2D eigenvalue weighted by Crippen LogP contribution is -2.22. The first-order valence-electron chi connectivity index (χ1n) is 10.7. The summed E-state index contributed by atoms with van der Waals surface area (Å²) in [6, 6.07) is 19.8. The van der Waals surface area contributed by atoms with Gasteiger partial charge in [0.25, 0.3) is 0 Å². The Hall–Kier alpha value is -3.66. The van der Waals surface area contributed by atoms with Crippen molar-refractivity contribution in [3.8, 4) is 28.7 Å². The molecule has 2 N–H and O–H groups in total. The van der Waals surface area contributed by atoms with Crippen LogP contribution < -0.4 is 5.32 Å². The van der Waals surface area contributed by atoms with E-state index >= 15 is 0 Å². The summed E-state index contributed by atoms with van der Waals surface area (Å²) in [7, 11) is 0. The molecule has 1 aliphatic carbocycles. The third-order valence-electron chi connectivity index (χ3n) is 6.04. The highest BCUT2D eigenvalue weighted by atomic mass is 35.5. The zero-order chi connectivity index (χ0) is 22.9. The monoisotopic (exact) mass is 457 g/mol. The molecule has 1 atom stereocenters. The molecule has 0 spiro atoms. The van der Waals surface area contributed by atoms with E-state index in [9.17, 15) is 10.1 Å². The third kappa shape index (κ3) is 3.86. The summed E-state index contributed by atoms with van der Waals surface area (Å²) in [4.78, 5) is 15.5. The van der Waals surface area contributed by atoms with Crippen molar-refractivity contribution in [1.29, 1.82) is 5.26 Å². The van der Waals surface area contributed by atoms with Crippen LogP contribution in [0.25, 0.3) is 33.7 Å². The fourth-order valence-corrected chi connectivity index (χ4v) is 4.80. The number of carbonyl (C=O) groups is 1. The van der Waals surface area contributed by atoms with Gasteiger partial charge in [-0.3, -0.25) is 4.79 Å². The van der Waals surface area contributed by atoms with Crippen molar-refractivity contribution in [3.05, 3.63) is 76.3 Å². The van der Waals surface area contributed by atoms with Gasteiger partial charge in [-0.2, -0.15) is 5.26 Å². The van der Waals surface area contributed by atoms with E-state index in [4.69, 9.17) is 21.1 Å². The number of hydrogen-bond acceptors (Lipinski definition) is 5. The first-order valence-corrected chi connectivity index (χ1v) is 11.1. The molecule has 0 aliphatic heterocycles. The summed E-state index contributed by atoms with van der Waals surface area (Å²) in [5.74, 6) is -0.479. The van der Waals surface area contributed by atoms with E-state index in [1.807, 2.05) is 54.6 Å². The van der Waals surface area contributed by atoms with E-state index in [2.05, 4.69) is 16.4 Å². The van der Waals surface area contributed by atoms with Crippen LogP contribution in [0.3, 0.4) is 0 Å². The van der Waals surface area contributed by atoms with Gasteiger partial charge in [0.15, 0.2) is 5.58 Å². The van der Waals surface area contributed by atoms with Crippen molar-refractivity contribution < 1.29 is 14.3 Å². The lowest BCUT2D eigenvalue weighted by Gasteiger charge is -2.13. The Balaban J connectivity index is 1.57. The molecule has 6 nitrogen and oxygen atoms in total. The van der Waals surface area contributed by atoms with Crippen molar-refractivity contribution in [3.63, 3.8) is 0 Å². The first kappa shape index (κ1) is 21.2. The van der Waals surface area contributed by atoms with E-state index in [-0.39, 0.29) is 12.5 Å². The molecule has 3 aromatic carbocycles. The number of hydrogen-bond donors (Lipinski definition) is 2. The molecule has 5 rings (SSSR count). The van der Waals surface area contributed by atoms with Crippen LogP contribution >= 0.6 is 11.6 Å². The Morgan fingerprint density at radius 2 is 2.00 bits per heavy atom. The Labute approximate surface area is 195 Å². The number of nitriles is 1. The van der Waals surface area contributed by atoms with Gasteiger partial charge in [-0.15, -0.1) is 0 Å². The molecule has 164 valence electrons. The molecule has 4 aromatic rings. The SMILES string of the molecule is N#Cc1c2c(cc3nc(-c4cccc(-c5ccccc5)c4Cl)oc13)[C@H](NCCC(=O)O)CC2. The summed E-state index contributed by atoms with van der Waals surface area (Å²) in [5, 5.41) is 22.6. The minimum Gasteiger partial charge on any atom is -0.481 e. The van der Waals surface area contributed by atoms with Crippen LogP contribution in [0.2, 0.25) is 5.02 Å². The zero-order valence-electron chi connectivity index (χ0n) is 17.6. The highest BCUT2D eigenvalue weighted by Gasteiger charge is 2.29. The number of rotatable bonds is 6. The van der Waals surface area contributed by atoms with Crippen molar-refractivity contribution in [2.75, 3.05) is 6.54 Å². The van der Waals surface area contributed by atoms with Gasteiger partial charge in [0.1, 0.15) is 17.1 Å². The van der Waals surface area contributed by atoms with Gasteiger partial charge in [-0.1, -0.05) is 54.1 Å². The summed E-state index contributed by atoms with van der Waals surface area (Å²) < 4.78 is 6.10. The number of aromatic nitrogens is 1.